The van der Waals surface area contributed by atoms with Crippen molar-refractivity contribution in [1.29, 1.82) is 0 Å². The van der Waals surface area contributed by atoms with Gasteiger partial charge in [-0.3, -0.25) is 9.78 Å². The summed E-state index contributed by atoms with van der Waals surface area (Å²) in [6.45, 7) is 3.06. The lowest BCUT2D eigenvalue weighted by Crippen LogP contribution is -2.46. The van der Waals surface area contributed by atoms with E-state index in [-0.39, 0.29) is 29.2 Å². The van der Waals surface area contributed by atoms with E-state index < -0.39 is 23.8 Å². The van der Waals surface area contributed by atoms with Crippen molar-refractivity contribution in [3.63, 3.8) is 0 Å². The summed E-state index contributed by atoms with van der Waals surface area (Å²) in [7, 11) is 3.00. The molecule has 0 aliphatic carbocycles. The Balaban J connectivity index is 1.33. The van der Waals surface area contributed by atoms with Crippen molar-refractivity contribution < 1.29 is 23.4 Å². The second-order valence-electron chi connectivity index (χ2n) is 11.1. The fourth-order valence-corrected chi connectivity index (χ4v) is 5.93. The highest BCUT2D eigenvalue weighted by Gasteiger charge is 2.24. The Bertz CT molecular complexity index is 2010. The molecule has 1 saturated heterocycles. The Labute approximate surface area is 273 Å². The number of aryl methyl sites for hydroxylation is 1. The molecule has 1 fully saturated rings. The summed E-state index contributed by atoms with van der Waals surface area (Å²) in [5.41, 5.74) is 3.53. The molecule has 6 rings (SSSR count). The van der Waals surface area contributed by atoms with Gasteiger partial charge in [0.25, 0.3) is 12.0 Å². The molecule has 2 aromatic carbocycles. The number of nitrogens with one attached hydrogen (secondary N) is 2. The number of rotatable bonds is 9. The van der Waals surface area contributed by atoms with Crippen molar-refractivity contribution in [3.8, 4) is 28.3 Å². The van der Waals surface area contributed by atoms with Crippen molar-refractivity contribution >= 4 is 33.9 Å². The van der Waals surface area contributed by atoms with Gasteiger partial charge in [0.1, 0.15) is 17.2 Å². The van der Waals surface area contributed by atoms with E-state index >= 15 is 0 Å². The Morgan fingerprint density at radius 1 is 1.15 bits per heavy atom. The zero-order valence-electron chi connectivity index (χ0n) is 25.8. The largest absolute Gasteiger partial charge is 0.480 e. The zero-order chi connectivity index (χ0) is 33.2. The third-order valence-electron chi connectivity index (χ3n) is 8.19. The Hall–Kier alpha value is -4.56. The number of hydrogen-bond donors (Lipinski definition) is 3. The van der Waals surface area contributed by atoms with E-state index in [1.54, 1.807) is 18.3 Å². The van der Waals surface area contributed by atoms with Gasteiger partial charge in [-0.25, -0.2) is 23.4 Å². The summed E-state index contributed by atoms with van der Waals surface area (Å²) in [6.07, 6.45) is 0.214. The molecular weight excluding hydrogens is 632 g/mol. The van der Waals surface area contributed by atoms with Crippen LogP contribution in [-0.4, -0.2) is 62.3 Å². The molecule has 47 heavy (non-hydrogen) atoms. The van der Waals surface area contributed by atoms with Crippen molar-refractivity contribution in [2.45, 2.75) is 38.5 Å². The fourth-order valence-electron chi connectivity index (χ4n) is 5.61. The first-order valence-corrected chi connectivity index (χ1v) is 15.2. The number of pyridine rings is 1. The number of methoxy groups -OCH3 is 1. The van der Waals surface area contributed by atoms with Crippen LogP contribution < -0.4 is 20.9 Å². The number of aliphatic hydroxyl groups is 1. The molecule has 0 radical (unpaired) electrons. The third kappa shape index (κ3) is 6.52. The number of fused-ring (bicyclic) bond motifs is 1. The molecular formula is C33H32ClF2N7O4. The van der Waals surface area contributed by atoms with Crippen molar-refractivity contribution in [3.05, 3.63) is 87.2 Å². The third-order valence-corrected chi connectivity index (χ3v) is 8.59. The molecule has 0 spiro atoms. The van der Waals surface area contributed by atoms with Crippen LogP contribution in [0, 0.1) is 6.92 Å². The Kier molecular flexibility index (Phi) is 9.41. The molecule has 5 aromatic rings. The lowest BCUT2D eigenvalue weighted by atomic mass is 9.96. The summed E-state index contributed by atoms with van der Waals surface area (Å²) in [5.74, 6) is 0.330. The lowest BCUT2D eigenvalue weighted by Gasteiger charge is -2.28. The number of benzene rings is 2. The van der Waals surface area contributed by atoms with E-state index in [4.69, 9.17) is 21.1 Å². The minimum atomic E-state index is -2.84. The van der Waals surface area contributed by atoms with Crippen LogP contribution in [-0.2, 0) is 18.3 Å². The van der Waals surface area contributed by atoms with E-state index in [0.29, 0.717) is 58.7 Å². The summed E-state index contributed by atoms with van der Waals surface area (Å²) >= 11 is 7.02. The molecule has 1 aliphatic heterocycles. The van der Waals surface area contributed by atoms with Gasteiger partial charge in [-0.05, 0) is 36.6 Å². The Morgan fingerprint density at radius 2 is 1.91 bits per heavy atom. The molecule has 2 atom stereocenters. The molecule has 3 N–H and O–H groups in total. The molecule has 0 bridgehead atoms. The van der Waals surface area contributed by atoms with Crippen molar-refractivity contribution in [2.75, 3.05) is 25.6 Å². The van der Waals surface area contributed by atoms with E-state index in [0.717, 1.165) is 15.8 Å². The van der Waals surface area contributed by atoms with Crippen LogP contribution in [0.15, 0.2) is 59.7 Å². The summed E-state index contributed by atoms with van der Waals surface area (Å²) in [5, 5.41) is 21.4. The molecule has 4 heterocycles. The van der Waals surface area contributed by atoms with Crippen LogP contribution >= 0.6 is 11.6 Å². The molecule has 0 saturated carbocycles. The number of halogens is 3. The predicted molar refractivity (Wildman–Crippen MR) is 174 cm³/mol. The summed E-state index contributed by atoms with van der Waals surface area (Å²) < 4.78 is 39.5. The van der Waals surface area contributed by atoms with E-state index in [1.165, 1.54) is 26.4 Å². The minimum Gasteiger partial charge on any atom is -0.480 e. The van der Waals surface area contributed by atoms with Crippen LogP contribution in [0.5, 0.6) is 5.88 Å². The quantitative estimate of drug-likeness (QED) is 0.190. The molecule has 11 nitrogen and oxygen atoms in total. The number of aromatic nitrogens is 5. The average Bonchev–Trinajstić information content (AvgIpc) is 3.07. The van der Waals surface area contributed by atoms with Crippen LogP contribution in [0.25, 0.3) is 33.2 Å². The predicted octanol–water partition coefficient (Wildman–Crippen LogP) is 5.34. The SMILES string of the molecule is COc1nc(-c2cccc(-c3cccc(Nc4nc(C(F)F)cc5cnn(C)c(=O)c45)c3C)c2Cl)cnc1CNC1CCOCC1O. The van der Waals surface area contributed by atoms with E-state index in [9.17, 15) is 18.7 Å². The normalized spacial score (nSPS) is 16.5. The molecule has 1 aliphatic rings. The first-order chi connectivity index (χ1) is 22.7. The average molecular weight is 664 g/mol. The maximum Gasteiger partial charge on any atom is 0.280 e. The highest BCUT2D eigenvalue weighted by Crippen LogP contribution is 2.40. The number of hydrogen-bond acceptors (Lipinski definition) is 10. The number of alkyl halides is 2. The van der Waals surface area contributed by atoms with Gasteiger partial charge in [-0.2, -0.15) is 5.10 Å². The number of nitrogens with zero attached hydrogens (tertiary/aromatic N) is 5. The van der Waals surface area contributed by atoms with Gasteiger partial charge in [0.05, 0.1) is 48.3 Å². The number of anilines is 2. The summed E-state index contributed by atoms with van der Waals surface area (Å²) in [4.78, 5) is 26.4. The molecule has 0 amide bonds. The number of aliphatic hydroxyl groups excluding tert-OH is 1. The summed E-state index contributed by atoms with van der Waals surface area (Å²) in [6, 6.07) is 12.1. The van der Waals surface area contributed by atoms with Crippen LogP contribution in [0.2, 0.25) is 5.02 Å². The second-order valence-corrected chi connectivity index (χ2v) is 11.5. The van der Waals surface area contributed by atoms with Gasteiger partial charge in [0, 0.05) is 48.4 Å². The highest BCUT2D eigenvalue weighted by atomic mass is 35.5. The van der Waals surface area contributed by atoms with Crippen LogP contribution in [0.4, 0.5) is 20.3 Å². The van der Waals surface area contributed by atoms with Crippen molar-refractivity contribution in [1.82, 2.24) is 30.0 Å². The second kappa shape index (κ2) is 13.7. The van der Waals surface area contributed by atoms with Gasteiger partial charge in [-0.15, -0.1) is 0 Å². The van der Waals surface area contributed by atoms with Gasteiger partial charge in [0.15, 0.2) is 0 Å². The van der Waals surface area contributed by atoms with E-state index in [1.807, 2.05) is 31.2 Å². The minimum absolute atomic E-state index is 0.00387. The maximum atomic E-state index is 13.7. The smallest absolute Gasteiger partial charge is 0.280 e. The fraction of sp³-hybridized carbons (Fsp3) is 0.303. The monoisotopic (exact) mass is 663 g/mol. The van der Waals surface area contributed by atoms with Gasteiger partial charge >= 0.3 is 0 Å². The van der Waals surface area contributed by atoms with Crippen molar-refractivity contribution in [2.24, 2.45) is 7.05 Å². The van der Waals surface area contributed by atoms with Gasteiger partial charge in [-0.1, -0.05) is 41.9 Å². The lowest BCUT2D eigenvalue weighted by molar-refractivity contribution is -0.0281. The maximum absolute atomic E-state index is 13.7. The van der Waals surface area contributed by atoms with Gasteiger partial charge < -0.3 is 25.2 Å². The topological polar surface area (TPSA) is 136 Å². The van der Waals surface area contributed by atoms with Crippen LogP contribution in [0.3, 0.4) is 0 Å². The first kappa shape index (κ1) is 32.4. The van der Waals surface area contributed by atoms with Crippen LogP contribution in [0.1, 0.15) is 29.8 Å². The van der Waals surface area contributed by atoms with E-state index in [2.05, 4.69) is 30.7 Å². The Morgan fingerprint density at radius 3 is 2.68 bits per heavy atom. The molecule has 244 valence electrons. The highest BCUT2D eigenvalue weighted by molar-refractivity contribution is 6.36. The number of ether oxygens (including phenoxy) is 2. The molecule has 2 unspecified atom stereocenters. The van der Waals surface area contributed by atoms with Gasteiger partial charge in [0.2, 0.25) is 5.88 Å². The standard InChI is InChI=1S/C33H32ClF2N7O4/c1-17-19(6-5-9-22(17)40-31-28-18(12-24(41-31)30(35)36)13-39-43(2)33(28)45)20-7-4-8-21(29(20)34)25-14-38-26(32(42-25)46-3)15-37-23-10-11-47-16-27(23)44/h4-9,12-14,23,27,30,37,44H,10-11,15-16H2,1-3H3,(H,40,41). The first-order valence-electron chi connectivity index (χ1n) is 14.9. The zero-order valence-corrected chi connectivity index (χ0v) is 26.6. The molecule has 14 heteroatoms. The molecule has 3 aromatic heterocycles.